The van der Waals surface area contributed by atoms with Crippen molar-refractivity contribution in [2.24, 2.45) is 0 Å². The van der Waals surface area contributed by atoms with Gasteiger partial charge < -0.3 is 14.8 Å². The van der Waals surface area contributed by atoms with Crippen LogP contribution < -0.4 is 10.1 Å². The summed E-state index contributed by atoms with van der Waals surface area (Å²) in [6.07, 6.45) is 1.66. The maximum Gasteiger partial charge on any atom is 0.251 e. The molecule has 1 aliphatic heterocycles. The first-order valence-corrected chi connectivity index (χ1v) is 10.4. The summed E-state index contributed by atoms with van der Waals surface area (Å²) < 4.78 is 24.5. The largest absolute Gasteiger partial charge is 0.491 e. The van der Waals surface area contributed by atoms with Crippen LogP contribution in [0.2, 0.25) is 0 Å². The Morgan fingerprint density at radius 2 is 1.93 bits per heavy atom. The zero-order valence-corrected chi connectivity index (χ0v) is 18.0. The van der Waals surface area contributed by atoms with Crippen molar-refractivity contribution in [2.45, 2.75) is 44.9 Å². The average molecular weight is 415 g/mol. The molecule has 1 N–H and O–H groups in total. The van der Waals surface area contributed by atoms with E-state index in [2.05, 4.69) is 16.3 Å². The fourth-order valence-corrected chi connectivity index (χ4v) is 3.92. The molecule has 1 unspecified atom stereocenters. The molecule has 3 rings (SSSR count). The van der Waals surface area contributed by atoms with Crippen LogP contribution in [0.4, 0.5) is 4.39 Å². The van der Waals surface area contributed by atoms with E-state index < -0.39 is 0 Å². The molecule has 0 spiro atoms. The Bertz CT molecular complexity index is 841. The molecule has 0 aliphatic carbocycles. The Morgan fingerprint density at radius 3 is 2.63 bits per heavy atom. The molecule has 1 atom stereocenters. The van der Waals surface area contributed by atoms with Gasteiger partial charge in [-0.2, -0.15) is 0 Å². The number of halogens is 1. The van der Waals surface area contributed by atoms with Crippen molar-refractivity contribution in [3.63, 3.8) is 0 Å². The summed E-state index contributed by atoms with van der Waals surface area (Å²) >= 11 is 0. The highest BCUT2D eigenvalue weighted by atomic mass is 19.1. The molecule has 0 aromatic heterocycles. The lowest BCUT2D eigenvalue weighted by Crippen LogP contribution is -2.51. The summed E-state index contributed by atoms with van der Waals surface area (Å²) in [5.74, 6) is 0.365. The number of rotatable bonds is 9. The minimum Gasteiger partial charge on any atom is -0.491 e. The third kappa shape index (κ3) is 5.80. The quantitative estimate of drug-likeness (QED) is 0.673. The van der Waals surface area contributed by atoms with Crippen LogP contribution in [-0.4, -0.2) is 49.3 Å². The summed E-state index contributed by atoms with van der Waals surface area (Å²) in [7, 11) is 1.67. The predicted molar refractivity (Wildman–Crippen MR) is 115 cm³/mol. The highest BCUT2D eigenvalue weighted by Crippen LogP contribution is 2.29. The normalized spacial score (nSPS) is 19.2. The van der Waals surface area contributed by atoms with Crippen LogP contribution in [0.1, 0.15) is 42.6 Å². The van der Waals surface area contributed by atoms with Crippen molar-refractivity contribution < 1.29 is 18.7 Å². The Kier molecular flexibility index (Phi) is 7.45. The van der Waals surface area contributed by atoms with Crippen LogP contribution in [-0.2, 0) is 11.3 Å². The average Bonchev–Trinajstić information content (AvgIpc) is 3.10. The number of amides is 1. The van der Waals surface area contributed by atoms with Crippen molar-refractivity contribution in [1.29, 1.82) is 0 Å². The fourth-order valence-electron chi connectivity index (χ4n) is 3.92. The van der Waals surface area contributed by atoms with Crippen LogP contribution in [0, 0.1) is 5.82 Å². The van der Waals surface area contributed by atoms with Gasteiger partial charge in [-0.3, -0.25) is 9.69 Å². The summed E-state index contributed by atoms with van der Waals surface area (Å²) in [5.41, 5.74) is 1.22. The van der Waals surface area contributed by atoms with Gasteiger partial charge >= 0.3 is 0 Å². The Morgan fingerprint density at radius 1 is 1.20 bits per heavy atom. The molecule has 5 nitrogen and oxygen atoms in total. The lowest BCUT2D eigenvalue weighted by atomic mass is 9.93. The number of carbonyl (C=O) groups is 1. The molecular weight excluding hydrogens is 383 g/mol. The van der Waals surface area contributed by atoms with Crippen LogP contribution in [0.5, 0.6) is 5.75 Å². The number of carbonyl (C=O) groups excluding carboxylic acids is 1. The molecule has 2 aromatic rings. The second-order valence-electron chi connectivity index (χ2n) is 8.22. The SMILES string of the molecule is COCCC1(NC(=O)c2ccc(F)cc2)CCN(Cc2ccccc2OC(C)C)C1. The van der Waals surface area contributed by atoms with Crippen molar-refractivity contribution in [3.8, 4) is 5.75 Å². The van der Waals surface area contributed by atoms with Gasteiger partial charge in [0, 0.05) is 44.5 Å². The molecule has 30 heavy (non-hydrogen) atoms. The van der Waals surface area contributed by atoms with E-state index in [0.717, 1.165) is 43.8 Å². The van der Waals surface area contributed by atoms with E-state index in [9.17, 15) is 9.18 Å². The zero-order valence-electron chi connectivity index (χ0n) is 18.0. The maximum atomic E-state index is 13.2. The summed E-state index contributed by atoms with van der Waals surface area (Å²) in [5, 5.41) is 3.21. The second kappa shape index (κ2) is 10.0. The van der Waals surface area contributed by atoms with Crippen molar-refractivity contribution in [1.82, 2.24) is 10.2 Å². The first-order valence-electron chi connectivity index (χ1n) is 10.4. The first kappa shape index (κ1) is 22.2. The van der Waals surface area contributed by atoms with E-state index in [0.29, 0.717) is 12.2 Å². The molecule has 162 valence electrons. The molecule has 2 aromatic carbocycles. The number of nitrogens with zero attached hydrogens (tertiary/aromatic N) is 1. The van der Waals surface area contributed by atoms with Crippen LogP contribution >= 0.6 is 0 Å². The van der Waals surface area contributed by atoms with Gasteiger partial charge in [-0.05, 0) is 57.0 Å². The number of benzene rings is 2. The molecular formula is C24H31FN2O3. The third-order valence-corrected chi connectivity index (χ3v) is 5.43. The van der Waals surface area contributed by atoms with E-state index >= 15 is 0 Å². The Balaban J connectivity index is 1.71. The maximum absolute atomic E-state index is 13.2. The van der Waals surface area contributed by atoms with Crippen molar-refractivity contribution in [3.05, 3.63) is 65.5 Å². The number of hydrogen-bond acceptors (Lipinski definition) is 4. The molecule has 1 amide bonds. The number of ether oxygens (including phenoxy) is 2. The monoisotopic (exact) mass is 414 g/mol. The Labute approximate surface area is 178 Å². The van der Waals surface area contributed by atoms with E-state index in [-0.39, 0.29) is 23.4 Å². The Hall–Kier alpha value is -2.44. The van der Waals surface area contributed by atoms with Gasteiger partial charge in [-0.25, -0.2) is 4.39 Å². The first-order chi connectivity index (χ1) is 14.4. The third-order valence-electron chi connectivity index (χ3n) is 5.43. The molecule has 1 fully saturated rings. The number of methoxy groups -OCH3 is 1. The smallest absolute Gasteiger partial charge is 0.251 e. The molecule has 0 radical (unpaired) electrons. The second-order valence-corrected chi connectivity index (χ2v) is 8.22. The molecule has 1 saturated heterocycles. The minimum absolute atomic E-state index is 0.112. The highest BCUT2D eigenvalue weighted by molar-refractivity contribution is 5.94. The predicted octanol–water partition coefficient (Wildman–Crippen LogP) is 4.02. The van der Waals surface area contributed by atoms with E-state index in [4.69, 9.17) is 9.47 Å². The van der Waals surface area contributed by atoms with Gasteiger partial charge in [0.1, 0.15) is 11.6 Å². The van der Waals surface area contributed by atoms with Crippen molar-refractivity contribution in [2.75, 3.05) is 26.8 Å². The van der Waals surface area contributed by atoms with Crippen LogP contribution in [0.25, 0.3) is 0 Å². The molecule has 1 aliphatic rings. The number of nitrogens with one attached hydrogen (secondary N) is 1. The number of para-hydroxylation sites is 1. The van der Waals surface area contributed by atoms with Gasteiger partial charge in [0.2, 0.25) is 0 Å². The summed E-state index contributed by atoms with van der Waals surface area (Å²) in [6, 6.07) is 13.7. The highest BCUT2D eigenvalue weighted by Gasteiger charge is 2.39. The standard InChI is InChI=1S/C24H31FN2O3/c1-18(2)30-22-7-5-4-6-20(22)16-27-14-12-24(17-27,13-15-29-3)26-23(28)19-8-10-21(25)11-9-19/h4-11,18H,12-17H2,1-3H3,(H,26,28). The van der Waals surface area contributed by atoms with Crippen molar-refractivity contribution >= 4 is 5.91 Å². The van der Waals surface area contributed by atoms with Gasteiger partial charge in [0.15, 0.2) is 0 Å². The van der Waals surface area contributed by atoms with E-state index in [1.807, 2.05) is 32.0 Å². The summed E-state index contributed by atoms with van der Waals surface area (Å²) in [4.78, 5) is 15.1. The lowest BCUT2D eigenvalue weighted by Gasteiger charge is -2.31. The summed E-state index contributed by atoms with van der Waals surface area (Å²) in [6.45, 7) is 6.94. The fraction of sp³-hybridized carbons (Fsp3) is 0.458. The molecule has 6 heteroatoms. The topological polar surface area (TPSA) is 50.8 Å². The number of likely N-dealkylation sites (tertiary alicyclic amines) is 1. The zero-order chi connectivity index (χ0) is 21.6. The molecule has 0 saturated carbocycles. The van der Waals surface area contributed by atoms with Gasteiger partial charge in [0.25, 0.3) is 5.91 Å². The van der Waals surface area contributed by atoms with Gasteiger partial charge in [0.05, 0.1) is 11.6 Å². The lowest BCUT2D eigenvalue weighted by molar-refractivity contribution is 0.0864. The molecule has 0 bridgehead atoms. The van der Waals surface area contributed by atoms with Crippen LogP contribution in [0.3, 0.4) is 0 Å². The minimum atomic E-state index is -0.380. The van der Waals surface area contributed by atoms with E-state index in [1.54, 1.807) is 7.11 Å². The van der Waals surface area contributed by atoms with E-state index in [1.165, 1.54) is 24.3 Å². The number of hydrogen-bond donors (Lipinski definition) is 1. The van der Waals surface area contributed by atoms with Crippen LogP contribution in [0.15, 0.2) is 48.5 Å². The molecule has 1 heterocycles. The van der Waals surface area contributed by atoms with Gasteiger partial charge in [-0.15, -0.1) is 0 Å². The van der Waals surface area contributed by atoms with Gasteiger partial charge in [-0.1, -0.05) is 18.2 Å².